The van der Waals surface area contributed by atoms with Crippen LogP contribution in [0.5, 0.6) is 0 Å². The van der Waals surface area contributed by atoms with E-state index in [4.69, 9.17) is 0 Å². The highest BCUT2D eigenvalue weighted by Crippen LogP contribution is 2.15. The van der Waals surface area contributed by atoms with Crippen molar-refractivity contribution in [3.63, 3.8) is 0 Å². The first-order valence-corrected chi connectivity index (χ1v) is 5.97. The number of halogens is 2. The second-order valence-electron chi connectivity index (χ2n) is 4.80. The van der Waals surface area contributed by atoms with Crippen LogP contribution in [0, 0.1) is 11.6 Å². The first-order chi connectivity index (χ1) is 8.47. The zero-order valence-corrected chi connectivity index (χ0v) is 10.4. The van der Waals surface area contributed by atoms with Crippen molar-refractivity contribution in [2.45, 2.75) is 25.9 Å². The summed E-state index contributed by atoms with van der Waals surface area (Å²) >= 11 is 0. The summed E-state index contributed by atoms with van der Waals surface area (Å²) in [6.07, 6.45) is 0. The number of hydrogen-bond acceptors (Lipinski definition) is 2. The van der Waals surface area contributed by atoms with Gasteiger partial charge in [0.05, 0.1) is 5.56 Å². The lowest BCUT2D eigenvalue weighted by atomic mass is 10.1. The van der Waals surface area contributed by atoms with Gasteiger partial charge in [-0.3, -0.25) is 4.79 Å². The maximum absolute atomic E-state index is 13.5. The minimum Gasteiger partial charge on any atom is -0.335 e. The van der Waals surface area contributed by atoms with Gasteiger partial charge in [0, 0.05) is 25.2 Å². The molecule has 0 spiro atoms. The molecule has 18 heavy (non-hydrogen) atoms. The summed E-state index contributed by atoms with van der Waals surface area (Å²) in [5.74, 6) is -1.73. The Morgan fingerprint density at radius 3 is 2.50 bits per heavy atom. The molecule has 1 saturated heterocycles. The zero-order valence-electron chi connectivity index (χ0n) is 10.4. The molecule has 0 aromatic heterocycles. The molecule has 0 radical (unpaired) electrons. The van der Waals surface area contributed by atoms with Crippen molar-refractivity contribution in [3.8, 4) is 0 Å². The fraction of sp³-hybridized carbons (Fsp3) is 0.462. The Labute approximate surface area is 105 Å². The predicted molar refractivity (Wildman–Crippen MR) is 64.3 cm³/mol. The molecule has 1 amide bonds. The molecule has 2 atom stereocenters. The molecule has 5 heteroatoms. The molecule has 1 aromatic carbocycles. The average Bonchev–Trinajstić information content (AvgIpc) is 2.30. The third-order valence-electron chi connectivity index (χ3n) is 3.00. The molecule has 2 rings (SSSR count). The van der Waals surface area contributed by atoms with Gasteiger partial charge >= 0.3 is 0 Å². The normalized spacial score (nSPS) is 24.1. The lowest BCUT2D eigenvalue weighted by Gasteiger charge is -2.36. The fourth-order valence-electron chi connectivity index (χ4n) is 2.32. The van der Waals surface area contributed by atoms with Crippen LogP contribution in [-0.4, -0.2) is 36.0 Å². The Morgan fingerprint density at radius 1 is 1.28 bits per heavy atom. The van der Waals surface area contributed by atoms with E-state index in [2.05, 4.69) is 5.32 Å². The van der Waals surface area contributed by atoms with Crippen LogP contribution in [0.25, 0.3) is 0 Å². The van der Waals surface area contributed by atoms with Crippen LogP contribution in [-0.2, 0) is 0 Å². The maximum Gasteiger partial charge on any atom is 0.257 e. The number of carbonyl (C=O) groups is 1. The zero-order chi connectivity index (χ0) is 13.3. The minimum atomic E-state index is -0.680. The number of hydrogen-bond donors (Lipinski definition) is 1. The van der Waals surface area contributed by atoms with E-state index in [9.17, 15) is 13.6 Å². The van der Waals surface area contributed by atoms with E-state index in [0.29, 0.717) is 13.1 Å². The second kappa shape index (κ2) is 5.02. The molecule has 1 aliphatic heterocycles. The molecule has 1 heterocycles. The van der Waals surface area contributed by atoms with Gasteiger partial charge in [0.25, 0.3) is 5.91 Å². The lowest BCUT2D eigenvalue weighted by molar-refractivity contribution is 0.0668. The highest BCUT2D eigenvalue weighted by atomic mass is 19.1. The van der Waals surface area contributed by atoms with E-state index in [-0.39, 0.29) is 17.6 Å². The molecular formula is C13H16F2N2O. The van der Waals surface area contributed by atoms with Gasteiger partial charge in [0.15, 0.2) is 0 Å². The highest BCUT2D eigenvalue weighted by molar-refractivity contribution is 5.94. The topological polar surface area (TPSA) is 32.3 Å². The molecule has 3 nitrogen and oxygen atoms in total. The quantitative estimate of drug-likeness (QED) is 0.828. The number of benzene rings is 1. The Bertz CT molecular complexity index is 454. The molecule has 0 aliphatic carbocycles. The second-order valence-corrected chi connectivity index (χ2v) is 4.80. The van der Waals surface area contributed by atoms with E-state index in [0.717, 1.165) is 18.2 Å². The van der Waals surface area contributed by atoms with Gasteiger partial charge in [-0.15, -0.1) is 0 Å². The molecule has 1 aliphatic rings. The smallest absolute Gasteiger partial charge is 0.257 e. The van der Waals surface area contributed by atoms with E-state index < -0.39 is 17.5 Å². The van der Waals surface area contributed by atoms with Crippen molar-refractivity contribution < 1.29 is 13.6 Å². The third kappa shape index (κ3) is 2.67. The van der Waals surface area contributed by atoms with Gasteiger partial charge in [-0.1, -0.05) is 0 Å². The standard InChI is InChI=1S/C13H16F2N2O/c1-8-6-17(7-9(2)16-8)13(18)11-5-10(14)3-4-12(11)15/h3-5,8-9,16H,6-7H2,1-2H3. The molecule has 1 aromatic rings. The van der Waals surface area contributed by atoms with Gasteiger partial charge < -0.3 is 10.2 Å². The van der Waals surface area contributed by atoms with E-state index in [1.807, 2.05) is 13.8 Å². The largest absolute Gasteiger partial charge is 0.335 e. The monoisotopic (exact) mass is 254 g/mol. The van der Waals surface area contributed by atoms with Crippen LogP contribution in [0.3, 0.4) is 0 Å². The summed E-state index contributed by atoms with van der Waals surface area (Å²) in [7, 11) is 0. The number of nitrogens with one attached hydrogen (secondary N) is 1. The molecule has 0 bridgehead atoms. The van der Waals surface area contributed by atoms with Crippen molar-refractivity contribution in [1.29, 1.82) is 0 Å². The van der Waals surface area contributed by atoms with Gasteiger partial charge in [0.1, 0.15) is 11.6 Å². The molecule has 0 saturated carbocycles. The summed E-state index contributed by atoms with van der Waals surface area (Å²) in [5.41, 5.74) is -0.198. The summed E-state index contributed by atoms with van der Waals surface area (Å²) in [6.45, 7) is 4.91. The van der Waals surface area contributed by atoms with Crippen molar-refractivity contribution in [3.05, 3.63) is 35.4 Å². The Morgan fingerprint density at radius 2 is 1.89 bits per heavy atom. The third-order valence-corrected chi connectivity index (χ3v) is 3.00. The summed E-state index contributed by atoms with van der Waals surface area (Å²) < 4.78 is 26.6. The first kappa shape index (κ1) is 13.0. The van der Waals surface area contributed by atoms with Crippen molar-refractivity contribution in [1.82, 2.24) is 10.2 Å². The van der Waals surface area contributed by atoms with Crippen LogP contribution in [0.15, 0.2) is 18.2 Å². The maximum atomic E-state index is 13.5. The minimum absolute atomic E-state index is 0.148. The molecule has 2 unspecified atom stereocenters. The van der Waals surface area contributed by atoms with E-state index in [1.165, 1.54) is 0 Å². The van der Waals surface area contributed by atoms with Crippen molar-refractivity contribution in [2.75, 3.05) is 13.1 Å². The van der Waals surface area contributed by atoms with E-state index in [1.54, 1.807) is 4.90 Å². The molecule has 1 fully saturated rings. The van der Waals surface area contributed by atoms with Gasteiger partial charge in [-0.25, -0.2) is 8.78 Å². The number of nitrogens with zero attached hydrogens (tertiary/aromatic N) is 1. The Hall–Kier alpha value is -1.49. The first-order valence-electron chi connectivity index (χ1n) is 5.97. The number of carbonyl (C=O) groups excluding carboxylic acids is 1. The van der Waals surface area contributed by atoms with Crippen LogP contribution in [0.4, 0.5) is 8.78 Å². The fourth-order valence-corrected chi connectivity index (χ4v) is 2.32. The van der Waals surface area contributed by atoms with Crippen molar-refractivity contribution >= 4 is 5.91 Å². The van der Waals surface area contributed by atoms with Gasteiger partial charge in [0.2, 0.25) is 0 Å². The molecule has 1 N–H and O–H groups in total. The number of piperazine rings is 1. The van der Waals surface area contributed by atoms with Crippen LogP contribution >= 0.6 is 0 Å². The van der Waals surface area contributed by atoms with Gasteiger partial charge in [-0.05, 0) is 32.0 Å². The average molecular weight is 254 g/mol. The van der Waals surface area contributed by atoms with Crippen LogP contribution < -0.4 is 5.32 Å². The highest BCUT2D eigenvalue weighted by Gasteiger charge is 2.27. The van der Waals surface area contributed by atoms with Crippen molar-refractivity contribution in [2.24, 2.45) is 0 Å². The summed E-state index contributed by atoms with van der Waals surface area (Å²) in [6, 6.07) is 3.24. The predicted octanol–water partition coefficient (Wildman–Crippen LogP) is 1.79. The Balaban J connectivity index is 2.22. The number of amides is 1. The molecular weight excluding hydrogens is 238 g/mol. The van der Waals surface area contributed by atoms with Crippen LogP contribution in [0.2, 0.25) is 0 Å². The van der Waals surface area contributed by atoms with Crippen LogP contribution in [0.1, 0.15) is 24.2 Å². The SMILES string of the molecule is CC1CN(C(=O)c2cc(F)ccc2F)CC(C)N1. The van der Waals surface area contributed by atoms with E-state index >= 15 is 0 Å². The number of rotatable bonds is 1. The lowest BCUT2D eigenvalue weighted by Crippen LogP contribution is -2.55. The Kier molecular flexibility index (Phi) is 3.61. The molecule has 98 valence electrons. The summed E-state index contributed by atoms with van der Waals surface area (Å²) in [4.78, 5) is 13.7. The van der Waals surface area contributed by atoms with Gasteiger partial charge in [-0.2, -0.15) is 0 Å². The summed E-state index contributed by atoms with van der Waals surface area (Å²) in [5, 5.41) is 3.28.